The Morgan fingerprint density at radius 3 is 1.97 bits per heavy atom. The fourth-order valence-electron chi connectivity index (χ4n) is 2.84. The van der Waals surface area contributed by atoms with Gasteiger partial charge in [0.2, 0.25) is 0 Å². The third-order valence-electron chi connectivity index (χ3n) is 4.58. The van der Waals surface area contributed by atoms with Crippen LogP contribution in [0, 0.1) is 0 Å². The van der Waals surface area contributed by atoms with Crippen molar-refractivity contribution in [3.63, 3.8) is 0 Å². The number of benzene rings is 3. The molecule has 0 spiro atoms. The van der Waals surface area contributed by atoms with Crippen LogP contribution in [-0.2, 0) is 10.0 Å². The molecule has 0 aromatic heterocycles. The van der Waals surface area contributed by atoms with E-state index >= 15 is 0 Å². The number of hydrogen-bond donors (Lipinski definition) is 4. The van der Waals surface area contributed by atoms with Crippen LogP contribution < -0.4 is 25.4 Å². The summed E-state index contributed by atoms with van der Waals surface area (Å²) in [5.41, 5.74) is 1.74. The predicted molar refractivity (Wildman–Crippen MR) is 132 cm³/mol. The topological polar surface area (TPSA) is 126 Å². The second-order valence-electron chi connectivity index (χ2n) is 7.01. The van der Waals surface area contributed by atoms with Gasteiger partial charge in [-0.2, -0.15) is 0 Å². The van der Waals surface area contributed by atoms with Crippen LogP contribution in [0.2, 0.25) is 0 Å². The number of ether oxygens (including phenoxy) is 1. The van der Waals surface area contributed by atoms with Gasteiger partial charge in [-0.05, 0) is 72.8 Å². The molecule has 0 aliphatic carbocycles. The summed E-state index contributed by atoms with van der Waals surface area (Å²) < 4.78 is 32.8. The molecule has 3 amide bonds. The molecule has 3 aromatic carbocycles. The molecule has 0 fully saturated rings. The molecule has 10 heteroatoms. The molecular weight excluding hydrogens is 456 g/mol. The molecule has 34 heavy (non-hydrogen) atoms. The van der Waals surface area contributed by atoms with Gasteiger partial charge in [0.1, 0.15) is 5.75 Å². The monoisotopic (exact) mass is 480 g/mol. The third-order valence-corrected chi connectivity index (χ3v) is 5.97. The van der Waals surface area contributed by atoms with Crippen LogP contribution >= 0.6 is 0 Å². The van der Waals surface area contributed by atoms with Crippen LogP contribution in [0.25, 0.3) is 0 Å². The first-order valence-corrected chi connectivity index (χ1v) is 11.6. The summed E-state index contributed by atoms with van der Waals surface area (Å²) in [5.74, 6) is 0.203. The van der Waals surface area contributed by atoms with E-state index in [1.165, 1.54) is 31.4 Å². The molecule has 0 saturated heterocycles. The summed E-state index contributed by atoms with van der Waals surface area (Å²) in [6, 6.07) is 18.2. The summed E-state index contributed by atoms with van der Waals surface area (Å²) in [4.78, 5) is 24.2. The summed E-state index contributed by atoms with van der Waals surface area (Å²) in [6.07, 6.45) is 1.57. The maximum absolute atomic E-state index is 12.6. The molecule has 0 unspecified atom stereocenters. The standard InChI is InChI=1S/C24H24N4O5S/c1-3-16-25-24(30)27-19-8-6-18(7-9-19)26-23(29)17-4-14-22(15-5-17)34(31,32)28-20-10-12-21(33-2)13-11-20/h3-15,28H,1,16H2,2H3,(H,26,29)(H2,25,27,30). The largest absolute Gasteiger partial charge is 0.497 e. The van der Waals surface area contributed by atoms with E-state index in [9.17, 15) is 18.0 Å². The van der Waals surface area contributed by atoms with Gasteiger partial charge in [0, 0.05) is 29.2 Å². The van der Waals surface area contributed by atoms with Crippen molar-refractivity contribution in [2.75, 3.05) is 29.0 Å². The van der Waals surface area contributed by atoms with E-state index in [1.807, 2.05) is 0 Å². The Morgan fingerprint density at radius 2 is 1.41 bits per heavy atom. The van der Waals surface area contributed by atoms with Crippen molar-refractivity contribution in [3.05, 3.63) is 91.0 Å². The van der Waals surface area contributed by atoms with Gasteiger partial charge >= 0.3 is 6.03 Å². The number of urea groups is 1. The zero-order chi connectivity index (χ0) is 24.6. The summed E-state index contributed by atoms with van der Waals surface area (Å²) >= 11 is 0. The van der Waals surface area contributed by atoms with Gasteiger partial charge in [-0.25, -0.2) is 13.2 Å². The lowest BCUT2D eigenvalue weighted by atomic mass is 10.2. The molecule has 0 aliphatic rings. The van der Waals surface area contributed by atoms with Crippen LogP contribution in [-0.4, -0.2) is 34.0 Å². The Morgan fingerprint density at radius 1 is 0.853 bits per heavy atom. The fourth-order valence-corrected chi connectivity index (χ4v) is 3.90. The van der Waals surface area contributed by atoms with E-state index in [0.29, 0.717) is 29.4 Å². The molecule has 3 rings (SSSR count). The first-order chi connectivity index (χ1) is 16.3. The normalized spacial score (nSPS) is 10.6. The summed E-state index contributed by atoms with van der Waals surface area (Å²) in [7, 11) is -2.30. The van der Waals surface area contributed by atoms with Crippen LogP contribution in [0.5, 0.6) is 5.75 Å². The second kappa shape index (κ2) is 11.0. The summed E-state index contributed by atoms with van der Waals surface area (Å²) in [5, 5.41) is 7.97. The molecule has 0 heterocycles. The Hall–Kier alpha value is -4.31. The zero-order valence-electron chi connectivity index (χ0n) is 18.4. The fraction of sp³-hybridized carbons (Fsp3) is 0.0833. The number of rotatable bonds is 9. The molecule has 9 nitrogen and oxygen atoms in total. The van der Waals surface area contributed by atoms with Crippen LogP contribution in [0.1, 0.15) is 10.4 Å². The van der Waals surface area contributed by atoms with E-state index < -0.39 is 15.9 Å². The highest BCUT2D eigenvalue weighted by Crippen LogP contribution is 2.20. The van der Waals surface area contributed by atoms with Crippen molar-refractivity contribution in [3.8, 4) is 5.75 Å². The zero-order valence-corrected chi connectivity index (χ0v) is 19.2. The van der Waals surface area contributed by atoms with Gasteiger partial charge < -0.3 is 20.7 Å². The van der Waals surface area contributed by atoms with E-state index in [-0.39, 0.29) is 16.5 Å². The van der Waals surface area contributed by atoms with E-state index in [2.05, 4.69) is 27.3 Å². The first-order valence-electron chi connectivity index (χ1n) is 10.1. The number of sulfonamides is 1. The minimum Gasteiger partial charge on any atom is -0.497 e. The van der Waals surface area contributed by atoms with Crippen LogP contribution in [0.4, 0.5) is 21.9 Å². The number of amides is 3. The number of methoxy groups -OCH3 is 1. The van der Waals surface area contributed by atoms with Gasteiger partial charge in [0.05, 0.1) is 12.0 Å². The van der Waals surface area contributed by atoms with Gasteiger partial charge in [-0.15, -0.1) is 6.58 Å². The highest BCUT2D eigenvalue weighted by Gasteiger charge is 2.15. The highest BCUT2D eigenvalue weighted by molar-refractivity contribution is 7.92. The lowest BCUT2D eigenvalue weighted by Crippen LogP contribution is -2.28. The van der Waals surface area contributed by atoms with E-state index in [0.717, 1.165) is 0 Å². The molecule has 0 atom stereocenters. The first kappa shape index (κ1) is 24.3. The Bertz CT molecular complexity index is 1260. The third kappa shape index (κ3) is 6.59. The molecule has 0 saturated carbocycles. The minimum absolute atomic E-state index is 0.0185. The number of carbonyl (C=O) groups is 2. The molecule has 0 radical (unpaired) electrons. The molecular formula is C24H24N4O5S. The quantitative estimate of drug-likeness (QED) is 0.344. The SMILES string of the molecule is C=CCNC(=O)Nc1ccc(NC(=O)c2ccc(S(=O)(=O)Nc3ccc(OC)cc3)cc2)cc1. The van der Waals surface area contributed by atoms with Crippen molar-refractivity contribution in [2.45, 2.75) is 4.90 Å². The smallest absolute Gasteiger partial charge is 0.319 e. The van der Waals surface area contributed by atoms with Crippen molar-refractivity contribution < 1.29 is 22.7 Å². The number of anilines is 3. The van der Waals surface area contributed by atoms with Crippen molar-refractivity contribution in [2.24, 2.45) is 0 Å². The maximum atomic E-state index is 12.6. The molecule has 176 valence electrons. The van der Waals surface area contributed by atoms with Crippen molar-refractivity contribution in [1.82, 2.24) is 5.32 Å². The van der Waals surface area contributed by atoms with Gasteiger partial charge in [-0.3, -0.25) is 9.52 Å². The van der Waals surface area contributed by atoms with Gasteiger partial charge in [-0.1, -0.05) is 6.08 Å². The molecule has 0 bridgehead atoms. The summed E-state index contributed by atoms with van der Waals surface area (Å²) in [6.45, 7) is 3.87. The lowest BCUT2D eigenvalue weighted by molar-refractivity contribution is 0.102. The minimum atomic E-state index is -3.82. The van der Waals surface area contributed by atoms with Crippen molar-refractivity contribution >= 4 is 39.0 Å². The van der Waals surface area contributed by atoms with E-state index in [4.69, 9.17) is 4.74 Å². The van der Waals surface area contributed by atoms with E-state index in [1.54, 1.807) is 54.6 Å². The van der Waals surface area contributed by atoms with Crippen LogP contribution in [0.15, 0.2) is 90.3 Å². The average Bonchev–Trinajstić information content (AvgIpc) is 2.84. The van der Waals surface area contributed by atoms with Crippen LogP contribution in [0.3, 0.4) is 0 Å². The molecule has 4 N–H and O–H groups in total. The van der Waals surface area contributed by atoms with Gasteiger partial charge in [0.15, 0.2) is 0 Å². The van der Waals surface area contributed by atoms with Gasteiger partial charge in [0.25, 0.3) is 15.9 Å². The highest BCUT2D eigenvalue weighted by atomic mass is 32.2. The Kier molecular flexibility index (Phi) is 7.88. The lowest BCUT2D eigenvalue weighted by Gasteiger charge is -2.10. The molecule has 0 aliphatic heterocycles. The molecule has 3 aromatic rings. The Labute approximate surface area is 197 Å². The predicted octanol–water partition coefficient (Wildman–Crippen LogP) is 4.06. The average molecular weight is 481 g/mol. The second-order valence-corrected chi connectivity index (χ2v) is 8.70. The number of nitrogens with one attached hydrogen (secondary N) is 4. The maximum Gasteiger partial charge on any atom is 0.319 e. The van der Waals surface area contributed by atoms with Crippen molar-refractivity contribution in [1.29, 1.82) is 0 Å². The number of hydrogen-bond acceptors (Lipinski definition) is 5. The number of carbonyl (C=O) groups excluding carboxylic acids is 2. The Balaban J connectivity index is 1.61.